The lowest BCUT2D eigenvalue weighted by Gasteiger charge is -2.12. The second-order valence-electron chi connectivity index (χ2n) is 4.50. The number of carbonyl (C=O) groups is 1. The fourth-order valence-electron chi connectivity index (χ4n) is 2.19. The molecule has 0 aliphatic heterocycles. The summed E-state index contributed by atoms with van der Waals surface area (Å²) in [5, 5.41) is 9.08. The largest absolute Gasteiger partial charge is 0.370 e. The molecule has 94 valence electrons. The van der Waals surface area contributed by atoms with Gasteiger partial charge in [-0.05, 0) is 25.0 Å². The van der Waals surface area contributed by atoms with E-state index in [0.717, 1.165) is 12.8 Å². The van der Waals surface area contributed by atoms with Crippen molar-refractivity contribution in [3.63, 3.8) is 0 Å². The molecule has 1 heterocycles. The van der Waals surface area contributed by atoms with Crippen LogP contribution in [0.3, 0.4) is 0 Å². The standard InChI is InChI=1S/C14H16N2O2/c15-9-12(13-7-3-4-8-16-13)14(17)10-18-11-5-1-2-6-11/h3-4,7-8,11-12H,1-2,5-6,10H2/t12-/m0/s1. The Labute approximate surface area is 107 Å². The van der Waals surface area contributed by atoms with Crippen LogP contribution in [0.25, 0.3) is 0 Å². The van der Waals surface area contributed by atoms with Crippen LogP contribution in [-0.4, -0.2) is 23.5 Å². The summed E-state index contributed by atoms with van der Waals surface area (Å²) < 4.78 is 5.54. The number of aromatic nitrogens is 1. The Bertz CT molecular complexity index is 433. The normalized spacial score (nSPS) is 17.3. The fraction of sp³-hybridized carbons (Fsp3) is 0.500. The summed E-state index contributed by atoms with van der Waals surface area (Å²) in [6.07, 6.45) is 6.16. The van der Waals surface area contributed by atoms with Gasteiger partial charge >= 0.3 is 0 Å². The number of hydrogen-bond donors (Lipinski definition) is 0. The topological polar surface area (TPSA) is 63.0 Å². The second-order valence-corrected chi connectivity index (χ2v) is 4.50. The number of rotatable bonds is 5. The molecular weight excluding hydrogens is 228 g/mol. The van der Waals surface area contributed by atoms with E-state index in [1.54, 1.807) is 24.4 Å². The number of nitrogens with zero attached hydrogens (tertiary/aromatic N) is 2. The van der Waals surface area contributed by atoms with Crippen LogP contribution in [0.4, 0.5) is 0 Å². The predicted molar refractivity (Wildman–Crippen MR) is 65.8 cm³/mol. The fourth-order valence-corrected chi connectivity index (χ4v) is 2.19. The third kappa shape index (κ3) is 3.14. The second kappa shape index (κ2) is 6.27. The number of ether oxygens (including phenoxy) is 1. The molecule has 1 aromatic heterocycles. The van der Waals surface area contributed by atoms with Gasteiger partial charge < -0.3 is 4.74 Å². The van der Waals surface area contributed by atoms with Gasteiger partial charge in [-0.2, -0.15) is 5.26 Å². The van der Waals surface area contributed by atoms with Crippen LogP contribution in [-0.2, 0) is 9.53 Å². The van der Waals surface area contributed by atoms with Crippen molar-refractivity contribution in [1.82, 2.24) is 4.98 Å². The van der Waals surface area contributed by atoms with Gasteiger partial charge in [0.1, 0.15) is 12.5 Å². The number of hydrogen-bond acceptors (Lipinski definition) is 4. The Hall–Kier alpha value is -1.73. The van der Waals surface area contributed by atoms with Gasteiger partial charge in [0.25, 0.3) is 0 Å². The first-order chi connectivity index (χ1) is 8.81. The third-order valence-corrected chi connectivity index (χ3v) is 3.20. The molecule has 1 fully saturated rings. The van der Waals surface area contributed by atoms with Crippen molar-refractivity contribution >= 4 is 5.78 Å². The lowest BCUT2D eigenvalue weighted by molar-refractivity contribution is -0.125. The average Bonchev–Trinajstić information content (AvgIpc) is 2.92. The SMILES string of the molecule is N#C[C@H](C(=O)COC1CCCC1)c1ccccn1. The first kappa shape index (κ1) is 12.7. The summed E-state index contributed by atoms with van der Waals surface area (Å²) in [4.78, 5) is 16.0. The third-order valence-electron chi connectivity index (χ3n) is 3.20. The molecule has 1 aliphatic rings. The van der Waals surface area contributed by atoms with Crippen molar-refractivity contribution in [3.05, 3.63) is 30.1 Å². The monoisotopic (exact) mass is 244 g/mol. The van der Waals surface area contributed by atoms with Crippen LogP contribution in [0.15, 0.2) is 24.4 Å². The Morgan fingerprint density at radius 1 is 1.50 bits per heavy atom. The van der Waals surface area contributed by atoms with Crippen molar-refractivity contribution in [3.8, 4) is 6.07 Å². The van der Waals surface area contributed by atoms with E-state index < -0.39 is 5.92 Å². The van der Waals surface area contributed by atoms with Crippen LogP contribution in [0.5, 0.6) is 0 Å². The lowest BCUT2D eigenvalue weighted by atomic mass is 10.0. The van der Waals surface area contributed by atoms with Crippen LogP contribution in [0.2, 0.25) is 0 Å². The average molecular weight is 244 g/mol. The zero-order valence-electron chi connectivity index (χ0n) is 10.2. The molecule has 18 heavy (non-hydrogen) atoms. The first-order valence-electron chi connectivity index (χ1n) is 6.26. The summed E-state index contributed by atoms with van der Waals surface area (Å²) in [6, 6.07) is 7.23. The molecule has 1 aromatic rings. The highest BCUT2D eigenvalue weighted by atomic mass is 16.5. The molecule has 4 nitrogen and oxygen atoms in total. The maximum Gasteiger partial charge on any atom is 0.181 e. The zero-order chi connectivity index (χ0) is 12.8. The van der Waals surface area contributed by atoms with Crippen molar-refractivity contribution in [2.24, 2.45) is 0 Å². The molecule has 1 atom stereocenters. The number of pyridine rings is 1. The van der Waals surface area contributed by atoms with Gasteiger partial charge in [0.15, 0.2) is 5.78 Å². The number of ketones is 1. The van der Waals surface area contributed by atoms with Gasteiger partial charge in [-0.1, -0.05) is 18.9 Å². The summed E-state index contributed by atoms with van der Waals surface area (Å²) in [6.45, 7) is 0.0134. The van der Waals surface area contributed by atoms with Gasteiger partial charge in [0, 0.05) is 6.20 Å². The quantitative estimate of drug-likeness (QED) is 0.796. The maximum atomic E-state index is 11.9. The molecule has 4 heteroatoms. The molecule has 0 amide bonds. The van der Waals surface area contributed by atoms with E-state index in [-0.39, 0.29) is 18.5 Å². The molecule has 0 unspecified atom stereocenters. The molecule has 1 aliphatic carbocycles. The van der Waals surface area contributed by atoms with Crippen LogP contribution in [0, 0.1) is 11.3 Å². The minimum atomic E-state index is -0.812. The first-order valence-corrected chi connectivity index (χ1v) is 6.26. The Morgan fingerprint density at radius 3 is 2.89 bits per heavy atom. The van der Waals surface area contributed by atoms with Gasteiger partial charge in [-0.25, -0.2) is 0 Å². The van der Waals surface area contributed by atoms with E-state index in [0.29, 0.717) is 5.69 Å². The Kier molecular flexibility index (Phi) is 4.43. The van der Waals surface area contributed by atoms with Gasteiger partial charge in [-0.3, -0.25) is 9.78 Å². The Balaban J connectivity index is 1.92. The minimum absolute atomic E-state index is 0.0134. The predicted octanol–water partition coefficient (Wildman–Crippen LogP) is 2.22. The molecule has 0 N–H and O–H groups in total. The summed E-state index contributed by atoms with van der Waals surface area (Å²) in [5.41, 5.74) is 0.500. The van der Waals surface area contributed by atoms with Crippen molar-refractivity contribution in [2.75, 3.05) is 6.61 Å². The number of nitriles is 1. The molecule has 0 radical (unpaired) electrons. The molecule has 0 spiro atoms. The number of Topliss-reactive ketones (excluding diaryl/α,β-unsaturated/α-hetero) is 1. The van der Waals surface area contributed by atoms with E-state index in [1.807, 2.05) is 6.07 Å². The van der Waals surface area contributed by atoms with Crippen molar-refractivity contribution < 1.29 is 9.53 Å². The van der Waals surface area contributed by atoms with E-state index in [4.69, 9.17) is 10.00 Å². The molecular formula is C14H16N2O2. The molecule has 1 saturated carbocycles. The Morgan fingerprint density at radius 2 is 2.28 bits per heavy atom. The molecule has 0 bridgehead atoms. The van der Waals surface area contributed by atoms with E-state index in [9.17, 15) is 4.79 Å². The van der Waals surface area contributed by atoms with Crippen molar-refractivity contribution in [2.45, 2.75) is 37.7 Å². The molecule has 2 rings (SSSR count). The summed E-state index contributed by atoms with van der Waals surface area (Å²) in [5.74, 6) is -1.02. The van der Waals surface area contributed by atoms with Crippen molar-refractivity contribution in [1.29, 1.82) is 5.26 Å². The summed E-state index contributed by atoms with van der Waals surface area (Å²) in [7, 11) is 0. The van der Waals surface area contributed by atoms with E-state index >= 15 is 0 Å². The zero-order valence-corrected chi connectivity index (χ0v) is 10.2. The summed E-state index contributed by atoms with van der Waals surface area (Å²) >= 11 is 0. The maximum absolute atomic E-state index is 11.9. The van der Waals surface area contributed by atoms with Gasteiger partial charge in [0.2, 0.25) is 0 Å². The highest BCUT2D eigenvalue weighted by Crippen LogP contribution is 2.21. The van der Waals surface area contributed by atoms with Crippen LogP contribution >= 0.6 is 0 Å². The van der Waals surface area contributed by atoms with Gasteiger partial charge in [-0.15, -0.1) is 0 Å². The van der Waals surface area contributed by atoms with E-state index in [1.165, 1.54) is 12.8 Å². The molecule has 0 aromatic carbocycles. The highest BCUT2D eigenvalue weighted by Gasteiger charge is 2.23. The number of carbonyl (C=O) groups excluding carboxylic acids is 1. The van der Waals surface area contributed by atoms with E-state index in [2.05, 4.69) is 4.98 Å². The van der Waals surface area contributed by atoms with Crippen LogP contribution in [0.1, 0.15) is 37.3 Å². The highest BCUT2D eigenvalue weighted by molar-refractivity contribution is 5.89. The van der Waals surface area contributed by atoms with Crippen LogP contribution < -0.4 is 0 Å². The molecule has 0 saturated heterocycles. The minimum Gasteiger partial charge on any atom is -0.370 e. The smallest absolute Gasteiger partial charge is 0.181 e. The lowest BCUT2D eigenvalue weighted by Crippen LogP contribution is -2.21. The van der Waals surface area contributed by atoms with Gasteiger partial charge in [0.05, 0.1) is 17.9 Å².